The molecule has 0 N–H and O–H groups in total. The molecule has 1 heterocycles. The summed E-state index contributed by atoms with van der Waals surface area (Å²) < 4.78 is 1.75. The number of hydrogen-bond acceptors (Lipinski definition) is 3. The van der Waals surface area contributed by atoms with Crippen LogP contribution in [0.1, 0.15) is 62.5 Å². The molecule has 112 valence electrons. The van der Waals surface area contributed by atoms with Gasteiger partial charge in [0.05, 0.1) is 16.8 Å². The third kappa shape index (κ3) is 2.51. The third-order valence-corrected chi connectivity index (χ3v) is 4.69. The van der Waals surface area contributed by atoms with Crippen LogP contribution in [0, 0.1) is 0 Å². The van der Waals surface area contributed by atoms with Crippen LogP contribution in [0.4, 0.5) is 0 Å². The number of halogens is 1. The Balaban J connectivity index is 2.45. The van der Waals surface area contributed by atoms with Gasteiger partial charge in [0, 0.05) is 6.04 Å². The number of nitrogens with zero attached hydrogens (tertiary/aromatic N) is 3. The van der Waals surface area contributed by atoms with Gasteiger partial charge in [0.25, 0.3) is 0 Å². The van der Waals surface area contributed by atoms with Crippen molar-refractivity contribution in [3.05, 3.63) is 16.9 Å². The van der Waals surface area contributed by atoms with E-state index in [2.05, 4.69) is 10.00 Å². The van der Waals surface area contributed by atoms with Crippen LogP contribution in [0.15, 0.2) is 6.20 Å². The summed E-state index contributed by atoms with van der Waals surface area (Å²) in [5, 5.41) is 4.74. The maximum absolute atomic E-state index is 13.2. The number of aromatic nitrogens is 2. The van der Waals surface area contributed by atoms with Crippen molar-refractivity contribution in [3.8, 4) is 0 Å². The maximum Gasteiger partial charge on any atom is 0.202 e. The van der Waals surface area contributed by atoms with Crippen molar-refractivity contribution in [2.45, 2.75) is 57.5 Å². The van der Waals surface area contributed by atoms with Crippen LogP contribution in [0.3, 0.4) is 0 Å². The number of carbonyl (C=O) groups is 1. The van der Waals surface area contributed by atoms with Gasteiger partial charge in [-0.3, -0.25) is 14.4 Å². The lowest BCUT2D eigenvalue weighted by molar-refractivity contribution is 0.0550. The second-order valence-corrected chi connectivity index (χ2v) is 6.60. The number of Topliss-reactive ketones (excluding diaryl/α,β-unsaturated/α-hetero) is 1. The zero-order chi connectivity index (χ0) is 14.9. The predicted molar refractivity (Wildman–Crippen MR) is 81.5 cm³/mol. The molecule has 1 aromatic rings. The highest BCUT2D eigenvalue weighted by atomic mass is 35.5. The molecule has 0 radical (unpaired) electrons. The molecular formula is C15H24ClN3O. The van der Waals surface area contributed by atoms with E-state index in [1.165, 1.54) is 6.42 Å². The van der Waals surface area contributed by atoms with Crippen molar-refractivity contribution in [2.24, 2.45) is 0 Å². The smallest absolute Gasteiger partial charge is 0.202 e. The van der Waals surface area contributed by atoms with Crippen molar-refractivity contribution in [1.29, 1.82) is 0 Å². The first kappa shape index (κ1) is 15.5. The van der Waals surface area contributed by atoms with Gasteiger partial charge in [-0.15, -0.1) is 0 Å². The summed E-state index contributed by atoms with van der Waals surface area (Å²) in [4.78, 5) is 15.3. The molecule has 1 fully saturated rings. The second kappa shape index (κ2) is 5.86. The Morgan fingerprint density at radius 1 is 1.35 bits per heavy atom. The summed E-state index contributed by atoms with van der Waals surface area (Å²) in [6, 6.07) is 0.129. The molecule has 0 spiro atoms. The Hall–Kier alpha value is -0.870. The van der Waals surface area contributed by atoms with Gasteiger partial charge in [-0.05, 0) is 40.8 Å². The van der Waals surface area contributed by atoms with Gasteiger partial charge < -0.3 is 0 Å². The van der Waals surface area contributed by atoms with Crippen LogP contribution in [-0.2, 0) is 0 Å². The SMILES string of the molecule is CC(C)n1ncc(Cl)c1C(=O)C1(N(C)C)CCCCC1. The summed E-state index contributed by atoms with van der Waals surface area (Å²) in [6.45, 7) is 4.03. The van der Waals surface area contributed by atoms with Crippen LogP contribution >= 0.6 is 11.6 Å². The van der Waals surface area contributed by atoms with E-state index in [1.54, 1.807) is 10.9 Å². The summed E-state index contributed by atoms with van der Waals surface area (Å²) in [5.41, 5.74) is 0.145. The van der Waals surface area contributed by atoms with Crippen molar-refractivity contribution in [3.63, 3.8) is 0 Å². The molecule has 1 saturated carbocycles. The molecule has 0 unspecified atom stereocenters. The van der Waals surface area contributed by atoms with Crippen LogP contribution in [0.25, 0.3) is 0 Å². The molecule has 0 saturated heterocycles. The van der Waals surface area contributed by atoms with Gasteiger partial charge in [0.2, 0.25) is 5.78 Å². The fraction of sp³-hybridized carbons (Fsp3) is 0.733. The van der Waals surface area contributed by atoms with E-state index >= 15 is 0 Å². The van der Waals surface area contributed by atoms with Gasteiger partial charge in [-0.25, -0.2) is 0 Å². The summed E-state index contributed by atoms with van der Waals surface area (Å²) in [6.07, 6.45) is 6.78. The van der Waals surface area contributed by atoms with Crippen molar-refractivity contribution in [1.82, 2.24) is 14.7 Å². The van der Waals surface area contributed by atoms with Crippen molar-refractivity contribution >= 4 is 17.4 Å². The predicted octanol–water partition coefficient (Wildman–Crippen LogP) is 3.56. The summed E-state index contributed by atoms with van der Waals surface area (Å²) >= 11 is 6.25. The van der Waals surface area contributed by atoms with E-state index in [9.17, 15) is 4.79 Å². The molecule has 1 aliphatic carbocycles. The average Bonchev–Trinajstić information content (AvgIpc) is 2.80. The second-order valence-electron chi connectivity index (χ2n) is 6.20. The lowest BCUT2D eigenvalue weighted by Crippen LogP contribution is -2.53. The first-order valence-electron chi connectivity index (χ1n) is 7.35. The van der Waals surface area contributed by atoms with E-state index in [0.29, 0.717) is 10.7 Å². The Bertz CT molecular complexity index is 487. The van der Waals surface area contributed by atoms with E-state index in [4.69, 9.17) is 11.6 Å². The fourth-order valence-corrected chi connectivity index (χ4v) is 3.40. The Kier molecular flexibility index (Phi) is 4.55. The Morgan fingerprint density at radius 2 is 1.95 bits per heavy atom. The minimum Gasteiger partial charge on any atom is -0.297 e. The third-order valence-electron chi connectivity index (χ3n) is 4.41. The van der Waals surface area contributed by atoms with E-state index in [1.807, 2.05) is 27.9 Å². The van der Waals surface area contributed by atoms with Gasteiger partial charge in [0.1, 0.15) is 5.69 Å². The standard InChI is InChI=1S/C15H24ClN3O/c1-11(2)19-13(12(16)10-17-19)14(20)15(18(3)4)8-6-5-7-9-15/h10-11H,5-9H2,1-4H3. The first-order valence-corrected chi connectivity index (χ1v) is 7.73. The highest BCUT2D eigenvalue weighted by Gasteiger charge is 2.44. The number of carbonyl (C=O) groups excluding carboxylic acids is 1. The molecule has 0 aliphatic heterocycles. The van der Waals surface area contributed by atoms with E-state index < -0.39 is 5.54 Å². The molecule has 0 aromatic carbocycles. The lowest BCUT2D eigenvalue weighted by Gasteiger charge is -2.41. The molecular weight excluding hydrogens is 274 g/mol. The van der Waals surface area contributed by atoms with Gasteiger partial charge in [-0.1, -0.05) is 30.9 Å². The molecule has 2 rings (SSSR count). The highest BCUT2D eigenvalue weighted by molar-refractivity contribution is 6.34. The van der Waals surface area contributed by atoms with E-state index in [0.717, 1.165) is 25.7 Å². The quantitative estimate of drug-likeness (QED) is 0.798. The Labute approximate surface area is 126 Å². The monoisotopic (exact) mass is 297 g/mol. The summed E-state index contributed by atoms with van der Waals surface area (Å²) in [5.74, 6) is 0.124. The van der Waals surface area contributed by atoms with Gasteiger partial charge >= 0.3 is 0 Å². The zero-order valence-corrected chi connectivity index (χ0v) is 13.6. The van der Waals surface area contributed by atoms with E-state index in [-0.39, 0.29) is 11.8 Å². The van der Waals surface area contributed by atoms with Crippen molar-refractivity contribution in [2.75, 3.05) is 14.1 Å². The zero-order valence-electron chi connectivity index (χ0n) is 12.8. The molecule has 0 amide bonds. The van der Waals surface area contributed by atoms with Crippen molar-refractivity contribution < 1.29 is 4.79 Å². The minimum absolute atomic E-state index is 0.124. The molecule has 1 aromatic heterocycles. The minimum atomic E-state index is -0.422. The number of rotatable bonds is 4. The van der Waals surface area contributed by atoms with Crippen LogP contribution in [0.5, 0.6) is 0 Å². The van der Waals surface area contributed by atoms with Crippen LogP contribution in [0.2, 0.25) is 5.02 Å². The van der Waals surface area contributed by atoms with Gasteiger partial charge in [-0.2, -0.15) is 5.10 Å². The highest BCUT2D eigenvalue weighted by Crippen LogP contribution is 2.37. The number of hydrogen-bond donors (Lipinski definition) is 0. The topological polar surface area (TPSA) is 38.1 Å². The molecule has 20 heavy (non-hydrogen) atoms. The number of ketones is 1. The largest absolute Gasteiger partial charge is 0.297 e. The lowest BCUT2D eigenvalue weighted by atomic mass is 9.76. The molecule has 0 bridgehead atoms. The average molecular weight is 298 g/mol. The maximum atomic E-state index is 13.2. The molecule has 5 heteroatoms. The van der Waals surface area contributed by atoms with Gasteiger partial charge in [0.15, 0.2) is 0 Å². The molecule has 4 nitrogen and oxygen atoms in total. The molecule has 1 aliphatic rings. The fourth-order valence-electron chi connectivity index (χ4n) is 3.18. The van der Waals surface area contributed by atoms with Crippen LogP contribution in [-0.4, -0.2) is 40.1 Å². The molecule has 0 atom stereocenters. The number of likely N-dealkylation sites (N-methyl/N-ethyl adjacent to an activating group) is 1. The normalized spacial score (nSPS) is 18.8. The Morgan fingerprint density at radius 3 is 2.45 bits per heavy atom. The van der Waals surface area contributed by atoms with Crippen LogP contribution < -0.4 is 0 Å². The summed E-state index contributed by atoms with van der Waals surface area (Å²) in [7, 11) is 3.99. The first-order chi connectivity index (χ1) is 9.40.